The van der Waals surface area contributed by atoms with Crippen molar-refractivity contribution >= 4 is 0 Å². The zero-order chi connectivity index (χ0) is 15.1. The molecule has 0 amide bonds. The van der Waals surface area contributed by atoms with Gasteiger partial charge in [0.1, 0.15) is 5.54 Å². The molecule has 0 bridgehead atoms. The molecule has 114 valence electrons. The van der Waals surface area contributed by atoms with Crippen molar-refractivity contribution in [1.82, 2.24) is 10.2 Å². The van der Waals surface area contributed by atoms with Crippen LogP contribution in [0.4, 0.5) is 0 Å². The molecule has 1 fully saturated rings. The zero-order valence-corrected chi connectivity index (χ0v) is 13.3. The van der Waals surface area contributed by atoms with E-state index in [2.05, 4.69) is 42.3 Å². The summed E-state index contributed by atoms with van der Waals surface area (Å²) in [7, 11) is 0. The van der Waals surface area contributed by atoms with Gasteiger partial charge >= 0.3 is 0 Å². The fourth-order valence-electron chi connectivity index (χ4n) is 3.48. The van der Waals surface area contributed by atoms with Gasteiger partial charge in [-0.05, 0) is 44.3 Å². The molecule has 2 atom stereocenters. The lowest BCUT2D eigenvalue weighted by Crippen LogP contribution is -2.44. The maximum Gasteiger partial charge on any atom is 0.133 e. The van der Waals surface area contributed by atoms with Crippen molar-refractivity contribution in [2.45, 2.75) is 51.1 Å². The molecule has 0 saturated carbocycles. The van der Waals surface area contributed by atoms with Gasteiger partial charge in [-0.25, -0.2) is 0 Å². The molecule has 1 aromatic rings. The highest BCUT2D eigenvalue weighted by molar-refractivity contribution is 5.31. The van der Waals surface area contributed by atoms with Crippen LogP contribution in [0.2, 0.25) is 0 Å². The maximum absolute atomic E-state index is 9.83. The number of benzene rings is 1. The summed E-state index contributed by atoms with van der Waals surface area (Å²) in [6.45, 7) is 7.32. The minimum Gasteiger partial charge on any atom is -0.300 e. The summed E-state index contributed by atoms with van der Waals surface area (Å²) in [6, 6.07) is 13.4. The minimum absolute atomic E-state index is 0.559. The van der Waals surface area contributed by atoms with Gasteiger partial charge in [0.15, 0.2) is 0 Å². The number of rotatable bonds is 7. The van der Waals surface area contributed by atoms with Crippen LogP contribution in [0.25, 0.3) is 0 Å². The molecule has 3 heteroatoms. The molecule has 0 radical (unpaired) electrons. The lowest BCUT2D eigenvalue weighted by molar-refractivity contribution is 0.220. The molecule has 0 spiro atoms. The Bertz CT molecular complexity index is 465. The predicted octanol–water partition coefficient (Wildman–Crippen LogP) is 3.28. The average Bonchev–Trinajstić information content (AvgIpc) is 3.00. The first-order chi connectivity index (χ1) is 10.3. The first-order valence-corrected chi connectivity index (χ1v) is 8.21. The molecule has 2 rings (SSSR count). The number of hydrogen-bond acceptors (Lipinski definition) is 3. The van der Waals surface area contributed by atoms with Crippen molar-refractivity contribution in [2.24, 2.45) is 0 Å². The first kappa shape index (κ1) is 16.0. The summed E-state index contributed by atoms with van der Waals surface area (Å²) >= 11 is 0. The highest BCUT2D eigenvalue weighted by Gasteiger charge is 2.33. The van der Waals surface area contributed by atoms with Gasteiger partial charge in [0.2, 0.25) is 0 Å². The molecule has 2 unspecified atom stereocenters. The van der Waals surface area contributed by atoms with E-state index < -0.39 is 5.54 Å². The van der Waals surface area contributed by atoms with Gasteiger partial charge in [-0.2, -0.15) is 5.26 Å². The van der Waals surface area contributed by atoms with Gasteiger partial charge < -0.3 is 4.90 Å². The quantitative estimate of drug-likeness (QED) is 0.835. The molecule has 0 aliphatic carbocycles. The fourth-order valence-corrected chi connectivity index (χ4v) is 3.48. The topological polar surface area (TPSA) is 39.1 Å². The summed E-state index contributed by atoms with van der Waals surface area (Å²) in [6.07, 6.45) is 4.66. The Morgan fingerprint density at radius 1 is 1.33 bits per heavy atom. The summed E-state index contributed by atoms with van der Waals surface area (Å²) in [5.74, 6) is 0. The van der Waals surface area contributed by atoms with E-state index >= 15 is 0 Å². The Labute approximate surface area is 129 Å². The van der Waals surface area contributed by atoms with E-state index in [1.165, 1.54) is 25.8 Å². The Hall–Kier alpha value is -1.37. The smallest absolute Gasteiger partial charge is 0.133 e. The third-order valence-corrected chi connectivity index (χ3v) is 4.68. The van der Waals surface area contributed by atoms with Crippen LogP contribution < -0.4 is 5.32 Å². The van der Waals surface area contributed by atoms with Crippen LogP contribution in [0, 0.1) is 11.3 Å². The fraction of sp³-hybridized carbons (Fsp3) is 0.611. The highest BCUT2D eigenvalue weighted by atomic mass is 15.2. The van der Waals surface area contributed by atoms with Crippen LogP contribution in [-0.2, 0) is 5.54 Å². The van der Waals surface area contributed by atoms with Crippen molar-refractivity contribution in [3.05, 3.63) is 35.9 Å². The van der Waals surface area contributed by atoms with Crippen LogP contribution in [0.15, 0.2) is 30.3 Å². The number of hydrogen-bond donors (Lipinski definition) is 1. The molecular weight excluding hydrogens is 258 g/mol. The molecule has 1 heterocycles. The van der Waals surface area contributed by atoms with Crippen LogP contribution >= 0.6 is 0 Å². The third-order valence-electron chi connectivity index (χ3n) is 4.68. The van der Waals surface area contributed by atoms with Crippen molar-refractivity contribution in [2.75, 3.05) is 19.6 Å². The number of nitriles is 1. The van der Waals surface area contributed by atoms with Gasteiger partial charge in [0.25, 0.3) is 0 Å². The summed E-state index contributed by atoms with van der Waals surface area (Å²) in [5, 5.41) is 13.3. The molecule has 1 aliphatic heterocycles. The van der Waals surface area contributed by atoms with E-state index in [0.717, 1.165) is 25.1 Å². The number of nitrogens with zero attached hydrogens (tertiary/aromatic N) is 2. The number of likely N-dealkylation sites (tertiary alicyclic amines) is 1. The van der Waals surface area contributed by atoms with Crippen molar-refractivity contribution in [1.29, 1.82) is 5.26 Å². The number of nitrogens with one attached hydrogen (secondary N) is 1. The van der Waals surface area contributed by atoms with Gasteiger partial charge in [-0.3, -0.25) is 5.32 Å². The Morgan fingerprint density at radius 3 is 2.71 bits per heavy atom. The van der Waals surface area contributed by atoms with Crippen LogP contribution in [0.3, 0.4) is 0 Å². The van der Waals surface area contributed by atoms with Gasteiger partial charge in [-0.1, -0.05) is 44.2 Å². The summed E-state index contributed by atoms with van der Waals surface area (Å²) in [5.41, 5.74) is 0.526. The van der Waals surface area contributed by atoms with Crippen molar-refractivity contribution in [3.63, 3.8) is 0 Å². The Kier molecular flexibility index (Phi) is 5.78. The van der Waals surface area contributed by atoms with E-state index in [1.807, 2.05) is 18.2 Å². The second kappa shape index (κ2) is 7.59. The lowest BCUT2D eigenvalue weighted by atomic mass is 9.87. The summed E-state index contributed by atoms with van der Waals surface area (Å²) in [4.78, 5) is 2.56. The SMILES string of the molecule is CCNC(C#N)(CCN1CCCC1CC)c1ccccc1. The van der Waals surface area contributed by atoms with E-state index in [1.54, 1.807) is 0 Å². The van der Waals surface area contributed by atoms with E-state index in [4.69, 9.17) is 0 Å². The van der Waals surface area contributed by atoms with Crippen LogP contribution in [-0.4, -0.2) is 30.6 Å². The van der Waals surface area contributed by atoms with E-state index in [0.29, 0.717) is 6.04 Å². The second-order valence-electron chi connectivity index (χ2n) is 5.90. The Balaban J connectivity index is 2.12. The highest BCUT2D eigenvalue weighted by Crippen LogP contribution is 2.27. The maximum atomic E-state index is 9.83. The molecule has 3 nitrogen and oxygen atoms in total. The third kappa shape index (κ3) is 3.64. The standard InChI is InChI=1S/C18H27N3/c1-3-17-11-8-13-21(17)14-12-18(15-19,20-4-2)16-9-6-5-7-10-16/h5-7,9-10,17,20H,3-4,8,11-14H2,1-2H3. The lowest BCUT2D eigenvalue weighted by Gasteiger charge is -2.32. The first-order valence-electron chi connectivity index (χ1n) is 8.21. The predicted molar refractivity (Wildman–Crippen MR) is 86.9 cm³/mol. The second-order valence-corrected chi connectivity index (χ2v) is 5.90. The monoisotopic (exact) mass is 285 g/mol. The zero-order valence-electron chi connectivity index (χ0n) is 13.3. The van der Waals surface area contributed by atoms with Gasteiger partial charge in [0, 0.05) is 12.6 Å². The molecule has 21 heavy (non-hydrogen) atoms. The molecule has 1 saturated heterocycles. The van der Waals surface area contributed by atoms with Crippen LogP contribution in [0.5, 0.6) is 0 Å². The molecule has 1 aromatic carbocycles. The van der Waals surface area contributed by atoms with E-state index in [-0.39, 0.29) is 0 Å². The van der Waals surface area contributed by atoms with Gasteiger partial charge in [0.05, 0.1) is 6.07 Å². The largest absolute Gasteiger partial charge is 0.300 e. The van der Waals surface area contributed by atoms with Crippen LogP contribution in [0.1, 0.15) is 45.1 Å². The minimum atomic E-state index is -0.559. The van der Waals surface area contributed by atoms with E-state index in [9.17, 15) is 5.26 Å². The van der Waals surface area contributed by atoms with Crippen molar-refractivity contribution in [3.8, 4) is 6.07 Å². The molecule has 0 aromatic heterocycles. The van der Waals surface area contributed by atoms with Gasteiger partial charge in [-0.15, -0.1) is 0 Å². The summed E-state index contributed by atoms with van der Waals surface area (Å²) < 4.78 is 0. The normalized spacial score (nSPS) is 21.9. The molecular formula is C18H27N3. The molecule has 1 aliphatic rings. The van der Waals surface area contributed by atoms with Crippen molar-refractivity contribution < 1.29 is 0 Å². The Morgan fingerprint density at radius 2 is 2.10 bits per heavy atom. The molecule has 1 N–H and O–H groups in total. The average molecular weight is 285 g/mol.